The van der Waals surface area contributed by atoms with Crippen molar-refractivity contribution in [3.8, 4) is 0 Å². The number of sulfonamides is 1. The SMILES string of the molecule is CCN(CC)Cc1ccccc1CNC(=O)c1sccc1S(=O)(=O)N1CCCCC1. The molecule has 1 N–H and O–H groups in total. The maximum Gasteiger partial charge on any atom is 0.263 e. The minimum Gasteiger partial charge on any atom is -0.347 e. The molecule has 164 valence electrons. The summed E-state index contributed by atoms with van der Waals surface area (Å²) in [5.41, 5.74) is 2.23. The van der Waals surface area contributed by atoms with Crippen LogP contribution < -0.4 is 5.32 Å². The van der Waals surface area contributed by atoms with Crippen molar-refractivity contribution in [2.75, 3.05) is 26.2 Å². The van der Waals surface area contributed by atoms with Crippen molar-refractivity contribution in [2.45, 2.75) is 51.1 Å². The monoisotopic (exact) mass is 449 g/mol. The first-order valence-electron chi connectivity index (χ1n) is 10.6. The molecule has 0 unspecified atom stereocenters. The third-order valence-corrected chi connectivity index (χ3v) is 8.60. The van der Waals surface area contributed by atoms with Crippen LogP contribution in [-0.2, 0) is 23.1 Å². The summed E-state index contributed by atoms with van der Waals surface area (Å²) in [6.07, 6.45) is 2.79. The number of hydrogen-bond donors (Lipinski definition) is 1. The first kappa shape index (κ1) is 22.9. The average molecular weight is 450 g/mol. The number of amides is 1. The Morgan fingerprint density at radius 3 is 2.40 bits per heavy atom. The van der Waals surface area contributed by atoms with Crippen molar-refractivity contribution >= 4 is 27.3 Å². The van der Waals surface area contributed by atoms with Gasteiger partial charge in [-0.3, -0.25) is 9.69 Å². The predicted molar refractivity (Wildman–Crippen MR) is 121 cm³/mol. The topological polar surface area (TPSA) is 69.7 Å². The molecule has 2 aromatic rings. The highest BCUT2D eigenvalue weighted by molar-refractivity contribution is 7.89. The van der Waals surface area contributed by atoms with Crippen LogP contribution in [0.15, 0.2) is 40.6 Å². The van der Waals surface area contributed by atoms with E-state index in [1.807, 2.05) is 18.2 Å². The van der Waals surface area contributed by atoms with Crippen LogP contribution in [0.1, 0.15) is 53.9 Å². The number of nitrogens with one attached hydrogen (secondary N) is 1. The Hall–Kier alpha value is -1.74. The lowest BCUT2D eigenvalue weighted by Crippen LogP contribution is -2.36. The highest BCUT2D eigenvalue weighted by Gasteiger charge is 2.30. The molecule has 1 saturated heterocycles. The van der Waals surface area contributed by atoms with E-state index >= 15 is 0 Å². The first-order valence-corrected chi connectivity index (χ1v) is 12.9. The number of carbonyl (C=O) groups is 1. The fourth-order valence-electron chi connectivity index (χ4n) is 3.74. The summed E-state index contributed by atoms with van der Waals surface area (Å²) in [5, 5.41) is 4.62. The van der Waals surface area contributed by atoms with E-state index < -0.39 is 10.0 Å². The van der Waals surface area contributed by atoms with Crippen molar-refractivity contribution in [2.24, 2.45) is 0 Å². The Morgan fingerprint density at radius 2 is 1.73 bits per heavy atom. The third kappa shape index (κ3) is 5.29. The van der Waals surface area contributed by atoms with Crippen LogP contribution in [0, 0.1) is 0 Å². The Kier molecular flexibility index (Phi) is 8.05. The number of nitrogens with zero attached hydrogens (tertiary/aromatic N) is 2. The number of benzene rings is 1. The summed E-state index contributed by atoms with van der Waals surface area (Å²) in [6, 6.07) is 9.62. The van der Waals surface area contributed by atoms with Crippen molar-refractivity contribution in [3.05, 3.63) is 51.7 Å². The Balaban J connectivity index is 1.72. The molecular weight excluding hydrogens is 418 g/mol. The minimum absolute atomic E-state index is 0.128. The maximum absolute atomic E-state index is 13.0. The molecule has 1 aliphatic heterocycles. The Morgan fingerprint density at radius 1 is 1.07 bits per heavy atom. The van der Waals surface area contributed by atoms with Crippen LogP contribution in [0.3, 0.4) is 0 Å². The van der Waals surface area contributed by atoms with Crippen LogP contribution >= 0.6 is 11.3 Å². The summed E-state index contributed by atoms with van der Waals surface area (Å²) in [7, 11) is -3.63. The van der Waals surface area contributed by atoms with Crippen LogP contribution in [-0.4, -0.2) is 49.7 Å². The minimum atomic E-state index is -3.63. The molecule has 1 fully saturated rings. The summed E-state index contributed by atoms with van der Waals surface area (Å²) in [4.78, 5) is 15.6. The molecule has 30 heavy (non-hydrogen) atoms. The molecule has 0 atom stereocenters. The van der Waals surface area contributed by atoms with Gasteiger partial charge in [0.2, 0.25) is 10.0 Å². The lowest BCUT2D eigenvalue weighted by molar-refractivity contribution is 0.0951. The molecule has 0 spiro atoms. The molecule has 0 bridgehead atoms. The van der Waals surface area contributed by atoms with Crippen LogP contribution in [0.25, 0.3) is 0 Å². The van der Waals surface area contributed by atoms with E-state index in [-0.39, 0.29) is 15.7 Å². The van der Waals surface area contributed by atoms with Gasteiger partial charge < -0.3 is 5.32 Å². The molecule has 0 radical (unpaired) electrons. The zero-order chi connectivity index (χ0) is 21.6. The van der Waals surface area contributed by atoms with E-state index in [2.05, 4.69) is 30.1 Å². The second kappa shape index (κ2) is 10.5. The van der Waals surface area contributed by atoms with E-state index in [0.717, 1.165) is 44.5 Å². The fraction of sp³-hybridized carbons (Fsp3) is 0.500. The second-order valence-corrected chi connectivity index (χ2v) is 10.3. The van der Waals surface area contributed by atoms with Gasteiger partial charge in [-0.15, -0.1) is 11.3 Å². The predicted octanol–water partition coefficient (Wildman–Crippen LogP) is 3.69. The number of hydrogen-bond acceptors (Lipinski definition) is 5. The summed E-state index contributed by atoms with van der Waals surface area (Å²) in [5.74, 6) is -0.335. The third-order valence-electron chi connectivity index (χ3n) is 5.61. The number of carbonyl (C=O) groups excluding carboxylic acids is 1. The average Bonchev–Trinajstić information content (AvgIpc) is 3.28. The molecule has 1 aromatic carbocycles. The quantitative estimate of drug-likeness (QED) is 0.634. The fourth-order valence-corrected chi connectivity index (χ4v) is 6.57. The molecule has 8 heteroatoms. The van der Waals surface area contributed by atoms with Gasteiger partial charge in [0, 0.05) is 26.2 Å². The summed E-state index contributed by atoms with van der Waals surface area (Å²) < 4.78 is 27.6. The van der Waals surface area contributed by atoms with Gasteiger partial charge in [0.15, 0.2) is 0 Å². The molecular formula is C22H31N3O3S2. The number of piperidine rings is 1. The first-order chi connectivity index (χ1) is 14.5. The van der Waals surface area contributed by atoms with Gasteiger partial charge in [-0.2, -0.15) is 4.31 Å². The lowest BCUT2D eigenvalue weighted by Gasteiger charge is -2.25. The number of thiophene rings is 1. The standard InChI is InChI=1S/C22H31N3O3S2/c1-3-24(4-2)17-19-11-7-6-10-18(19)16-23-22(26)21-20(12-15-29-21)30(27,28)25-13-8-5-9-14-25/h6-7,10-12,15H,3-5,8-9,13-14,16-17H2,1-2H3,(H,23,26). The molecule has 1 amide bonds. The van der Waals surface area contributed by atoms with Crippen LogP contribution in [0.5, 0.6) is 0 Å². The van der Waals surface area contributed by atoms with E-state index in [4.69, 9.17) is 0 Å². The summed E-state index contributed by atoms with van der Waals surface area (Å²) >= 11 is 1.18. The van der Waals surface area contributed by atoms with E-state index in [0.29, 0.717) is 19.6 Å². The molecule has 2 heterocycles. The second-order valence-electron chi connectivity index (χ2n) is 7.49. The van der Waals surface area contributed by atoms with E-state index in [1.165, 1.54) is 21.2 Å². The van der Waals surface area contributed by atoms with Gasteiger partial charge >= 0.3 is 0 Å². The number of rotatable bonds is 9. The van der Waals surface area contributed by atoms with Crippen LogP contribution in [0.2, 0.25) is 0 Å². The van der Waals surface area contributed by atoms with Crippen molar-refractivity contribution in [3.63, 3.8) is 0 Å². The summed E-state index contributed by atoms with van der Waals surface area (Å²) in [6.45, 7) is 8.44. The molecule has 1 aliphatic rings. The van der Waals surface area contributed by atoms with E-state index in [9.17, 15) is 13.2 Å². The normalized spacial score (nSPS) is 15.4. The highest BCUT2D eigenvalue weighted by Crippen LogP contribution is 2.27. The maximum atomic E-state index is 13.0. The van der Waals surface area contributed by atoms with Gasteiger partial charge in [0.1, 0.15) is 9.77 Å². The van der Waals surface area contributed by atoms with E-state index in [1.54, 1.807) is 11.4 Å². The largest absolute Gasteiger partial charge is 0.347 e. The zero-order valence-electron chi connectivity index (χ0n) is 17.8. The highest BCUT2D eigenvalue weighted by atomic mass is 32.2. The molecule has 3 rings (SSSR count). The Labute approximate surface area is 183 Å². The van der Waals surface area contributed by atoms with Crippen LogP contribution in [0.4, 0.5) is 0 Å². The van der Waals surface area contributed by atoms with Gasteiger partial charge in [-0.1, -0.05) is 44.5 Å². The van der Waals surface area contributed by atoms with Crippen molar-refractivity contribution in [1.29, 1.82) is 0 Å². The zero-order valence-corrected chi connectivity index (χ0v) is 19.4. The molecule has 0 saturated carbocycles. The smallest absolute Gasteiger partial charge is 0.263 e. The molecule has 0 aliphatic carbocycles. The van der Waals surface area contributed by atoms with Gasteiger partial charge in [0.25, 0.3) is 5.91 Å². The van der Waals surface area contributed by atoms with Gasteiger partial charge in [-0.25, -0.2) is 8.42 Å². The Bertz CT molecular complexity index is 946. The molecule has 6 nitrogen and oxygen atoms in total. The van der Waals surface area contributed by atoms with Gasteiger partial charge in [-0.05, 0) is 48.5 Å². The van der Waals surface area contributed by atoms with Crippen molar-refractivity contribution in [1.82, 2.24) is 14.5 Å². The molecule has 1 aromatic heterocycles. The lowest BCUT2D eigenvalue weighted by atomic mass is 10.1. The van der Waals surface area contributed by atoms with Crippen molar-refractivity contribution < 1.29 is 13.2 Å². The van der Waals surface area contributed by atoms with Gasteiger partial charge in [0.05, 0.1) is 0 Å².